The molecule has 0 bridgehead atoms. The van der Waals surface area contributed by atoms with Gasteiger partial charge in [-0.1, -0.05) is 0 Å². The van der Waals surface area contributed by atoms with E-state index < -0.39 is 12.5 Å². The minimum absolute atomic E-state index is 0.228. The monoisotopic (exact) mass is 380 g/mol. The molecule has 6 nitrogen and oxygen atoms in total. The van der Waals surface area contributed by atoms with Crippen molar-refractivity contribution in [2.75, 3.05) is 6.54 Å². The molecule has 0 spiro atoms. The van der Waals surface area contributed by atoms with Crippen LogP contribution in [0.15, 0.2) is 47.9 Å². The van der Waals surface area contributed by atoms with E-state index in [0.717, 1.165) is 23.8 Å². The van der Waals surface area contributed by atoms with Crippen LogP contribution in [0.1, 0.15) is 23.9 Å². The normalized spacial score (nSPS) is 12.6. The number of aliphatic imine (C=N–C) groups is 1. The number of rotatable bonds is 5. The van der Waals surface area contributed by atoms with E-state index in [1.54, 1.807) is 12.1 Å². The second-order valence-electron chi connectivity index (χ2n) is 6.43. The van der Waals surface area contributed by atoms with Gasteiger partial charge in [-0.2, -0.15) is 5.26 Å². The Morgan fingerprint density at radius 3 is 2.82 bits per heavy atom. The molecule has 8 heteroatoms. The molecule has 0 amide bonds. The Bertz CT molecular complexity index is 1120. The number of halogens is 2. The van der Waals surface area contributed by atoms with Gasteiger partial charge in [0.1, 0.15) is 24.0 Å². The highest BCUT2D eigenvalue weighted by Gasteiger charge is 2.19. The van der Waals surface area contributed by atoms with Gasteiger partial charge in [0.25, 0.3) is 5.92 Å². The number of pyridine rings is 2. The van der Waals surface area contributed by atoms with Crippen LogP contribution in [0.5, 0.6) is 0 Å². The number of allylic oxidation sites excluding steroid dienone is 1. The van der Waals surface area contributed by atoms with Crippen LogP contribution >= 0.6 is 0 Å². The second kappa shape index (κ2) is 7.56. The number of alkyl halides is 2. The lowest BCUT2D eigenvalue weighted by Gasteiger charge is -2.11. The first-order valence-corrected chi connectivity index (χ1v) is 8.47. The molecule has 142 valence electrons. The molecule has 2 N–H and O–H groups in total. The largest absolute Gasteiger partial charge is 0.404 e. The lowest BCUT2D eigenvalue weighted by molar-refractivity contribution is 0.0328. The fourth-order valence-corrected chi connectivity index (χ4v) is 2.74. The smallest absolute Gasteiger partial charge is 0.264 e. The molecule has 0 aliphatic carbocycles. The first-order chi connectivity index (χ1) is 13.3. The van der Waals surface area contributed by atoms with E-state index >= 15 is 0 Å². The predicted molar refractivity (Wildman–Crippen MR) is 104 cm³/mol. The lowest BCUT2D eigenvalue weighted by atomic mass is 10.0. The van der Waals surface area contributed by atoms with Gasteiger partial charge in [0, 0.05) is 48.4 Å². The number of aryl methyl sites for hydroxylation is 1. The third kappa shape index (κ3) is 4.20. The van der Waals surface area contributed by atoms with Gasteiger partial charge in [-0.3, -0.25) is 4.99 Å². The van der Waals surface area contributed by atoms with Crippen LogP contribution in [-0.2, 0) is 0 Å². The highest BCUT2D eigenvalue weighted by atomic mass is 19.3. The maximum Gasteiger partial charge on any atom is 0.264 e. The summed E-state index contributed by atoms with van der Waals surface area (Å²) < 4.78 is 28.0. The Kier molecular flexibility index (Phi) is 5.18. The molecule has 0 aromatic carbocycles. The van der Waals surface area contributed by atoms with E-state index in [1.165, 1.54) is 12.4 Å². The van der Waals surface area contributed by atoms with Gasteiger partial charge < -0.3 is 10.1 Å². The van der Waals surface area contributed by atoms with Crippen LogP contribution in [0.25, 0.3) is 22.5 Å². The van der Waals surface area contributed by atoms with E-state index in [9.17, 15) is 14.0 Å². The fraction of sp³-hybridized carbons (Fsp3) is 0.200. The second-order valence-corrected chi connectivity index (χ2v) is 6.43. The quantitative estimate of drug-likeness (QED) is 0.685. The number of hydrogen-bond donors (Lipinski definition) is 1. The Morgan fingerprint density at radius 1 is 1.36 bits per heavy atom. The summed E-state index contributed by atoms with van der Waals surface area (Å²) >= 11 is 0. The number of nitrogens with two attached hydrogens (primary N) is 1. The third-order valence-electron chi connectivity index (χ3n) is 3.95. The highest BCUT2D eigenvalue weighted by molar-refractivity contribution is 6.11. The zero-order chi connectivity index (χ0) is 20.3. The molecule has 3 aromatic heterocycles. The summed E-state index contributed by atoms with van der Waals surface area (Å²) in [6.45, 7) is 2.04. The van der Waals surface area contributed by atoms with Crippen molar-refractivity contribution in [2.24, 2.45) is 10.7 Å². The van der Waals surface area contributed by atoms with E-state index in [2.05, 4.69) is 15.0 Å². The van der Waals surface area contributed by atoms with Crippen LogP contribution in [0.3, 0.4) is 0 Å². The van der Waals surface area contributed by atoms with E-state index in [4.69, 9.17) is 5.73 Å². The van der Waals surface area contributed by atoms with Gasteiger partial charge in [-0.05, 0) is 31.2 Å². The van der Waals surface area contributed by atoms with Crippen LogP contribution in [-0.4, -0.2) is 33.1 Å². The number of aromatic nitrogens is 3. The van der Waals surface area contributed by atoms with Crippen LogP contribution in [0.4, 0.5) is 8.78 Å². The van der Waals surface area contributed by atoms with Gasteiger partial charge in [-0.15, -0.1) is 0 Å². The van der Waals surface area contributed by atoms with Crippen molar-refractivity contribution in [1.82, 2.24) is 14.4 Å². The first-order valence-electron chi connectivity index (χ1n) is 8.47. The molecule has 0 atom stereocenters. The van der Waals surface area contributed by atoms with Gasteiger partial charge in [-0.25, -0.2) is 18.7 Å². The molecular formula is C20H18F2N6. The maximum absolute atomic E-state index is 13.1. The van der Waals surface area contributed by atoms with Crippen molar-refractivity contribution in [2.45, 2.75) is 19.8 Å². The summed E-state index contributed by atoms with van der Waals surface area (Å²) in [5.41, 5.74) is 9.76. The molecule has 0 aliphatic heterocycles. The molecule has 0 radical (unpaired) electrons. The summed E-state index contributed by atoms with van der Waals surface area (Å²) in [6, 6.07) is 8.91. The topological polar surface area (TPSA) is 92.4 Å². The van der Waals surface area contributed by atoms with Gasteiger partial charge in [0.2, 0.25) is 0 Å². The summed E-state index contributed by atoms with van der Waals surface area (Å²) in [4.78, 5) is 12.6. The highest BCUT2D eigenvalue weighted by Crippen LogP contribution is 2.28. The molecule has 3 rings (SSSR count). The number of hydrogen-bond acceptors (Lipinski definition) is 5. The first kappa shape index (κ1) is 19.2. The van der Waals surface area contributed by atoms with E-state index in [0.29, 0.717) is 16.8 Å². The van der Waals surface area contributed by atoms with Crippen molar-refractivity contribution in [3.63, 3.8) is 0 Å². The SMILES string of the molecule is Cc1cn2ccc(-c3nc(C#N)ccc3C(C=NCC(C)(F)F)=CN)cc2n1. The molecule has 3 heterocycles. The summed E-state index contributed by atoms with van der Waals surface area (Å²) in [7, 11) is 0. The minimum atomic E-state index is -2.91. The fourth-order valence-electron chi connectivity index (χ4n) is 2.74. The molecule has 0 unspecified atom stereocenters. The van der Waals surface area contributed by atoms with Crippen LogP contribution in [0, 0.1) is 18.3 Å². The summed E-state index contributed by atoms with van der Waals surface area (Å²) in [6.07, 6.45) is 6.30. The molecule has 0 aliphatic rings. The predicted octanol–water partition coefficient (Wildman–Crippen LogP) is 3.60. The van der Waals surface area contributed by atoms with Crippen LogP contribution in [0.2, 0.25) is 0 Å². The van der Waals surface area contributed by atoms with Crippen molar-refractivity contribution >= 4 is 17.4 Å². The molecular weight excluding hydrogens is 362 g/mol. The third-order valence-corrected chi connectivity index (χ3v) is 3.95. The van der Waals surface area contributed by atoms with E-state index in [-0.39, 0.29) is 5.69 Å². The Hall–Kier alpha value is -3.60. The van der Waals surface area contributed by atoms with Gasteiger partial charge in [0.05, 0.1) is 11.4 Å². The lowest BCUT2D eigenvalue weighted by Crippen LogP contribution is -2.14. The average molecular weight is 380 g/mol. The Balaban J connectivity index is 2.10. The Morgan fingerprint density at radius 2 is 2.14 bits per heavy atom. The van der Waals surface area contributed by atoms with Crippen molar-refractivity contribution in [3.05, 3.63) is 59.8 Å². The number of nitrogens with zero attached hydrogens (tertiary/aromatic N) is 5. The van der Waals surface area contributed by atoms with E-state index in [1.807, 2.05) is 41.9 Å². The summed E-state index contributed by atoms with van der Waals surface area (Å²) in [5, 5.41) is 9.22. The molecule has 3 aromatic rings. The number of imidazole rings is 1. The average Bonchev–Trinajstić information content (AvgIpc) is 3.03. The standard InChI is InChI=1S/C20H18F2N6/c1-13-11-28-6-5-14(7-18(28)26-13)19-17(4-3-16(9-24)27-19)15(8-23)10-25-12-20(2,21)22/h3-8,10-11H,12,23H2,1-2H3. The molecule has 0 saturated heterocycles. The van der Waals surface area contributed by atoms with Crippen molar-refractivity contribution in [3.8, 4) is 17.3 Å². The zero-order valence-electron chi connectivity index (χ0n) is 15.4. The minimum Gasteiger partial charge on any atom is -0.404 e. The van der Waals surface area contributed by atoms with Gasteiger partial charge in [0.15, 0.2) is 0 Å². The zero-order valence-corrected chi connectivity index (χ0v) is 15.4. The number of fused-ring (bicyclic) bond motifs is 1. The van der Waals surface area contributed by atoms with Gasteiger partial charge >= 0.3 is 0 Å². The van der Waals surface area contributed by atoms with Crippen molar-refractivity contribution in [1.29, 1.82) is 5.26 Å². The van der Waals surface area contributed by atoms with Crippen LogP contribution < -0.4 is 5.73 Å². The maximum atomic E-state index is 13.1. The number of nitriles is 1. The summed E-state index contributed by atoms with van der Waals surface area (Å²) in [5.74, 6) is -2.91. The molecule has 28 heavy (non-hydrogen) atoms. The molecule has 0 saturated carbocycles. The Labute approximate surface area is 160 Å². The van der Waals surface area contributed by atoms with Crippen molar-refractivity contribution < 1.29 is 8.78 Å². The molecule has 0 fully saturated rings.